The Balaban J connectivity index is 1.84. The van der Waals surface area contributed by atoms with Crippen molar-refractivity contribution in [2.75, 3.05) is 6.61 Å². The van der Waals surface area contributed by atoms with Crippen LogP contribution in [0.3, 0.4) is 0 Å². The first kappa shape index (κ1) is 21.9. The number of hydrazone groups is 1. The zero-order valence-electron chi connectivity index (χ0n) is 15.5. The third-order valence-electron chi connectivity index (χ3n) is 3.86. The van der Waals surface area contributed by atoms with E-state index < -0.39 is 23.4 Å². The maximum Gasteiger partial charge on any atom is 0.341 e. The molecule has 31 heavy (non-hydrogen) atoms. The molecule has 2 aromatic rings. The molecule has 0 unspecified atom stereocenters. The number of non-ortho nitro benzene ring substituents is 1. The molecule has 0 saturated carbocycles. The molecule has 1 fully saturated rings. The van der Waals surface area contributed by atoms with Gasteiger partial charge in [-0.1, -0.05) is 30.0 Å². The van der Waals surface area contributed by atoms with Gasteiger partial charge in [-0.15, -0.1) is 0 Å². The Morgan fingerprint density at radius 1 is 1.29 bits per heavy atom. The van der Waals surface area contributed by atoms with Crippen molar-refractivity contribution in [1.82, 2.24) is 5.01 Å². The number of nitro groups is 1. The predicted molar refractivity (Wildman–Crippen MR) is 117 cm³/mol. The van der Waals surface area contributed by atoms with Crippen LogP contribution in [0.15, 0.2) is 52.5 Å². The zero-order valence-corrected chi connectivity index (χ0v) is 17.1. The van der Waals surface area contributed by atoms with Gasteiger partial charge in [0.15, 0.2) is 10.9 Å². The van der Waals surface area contributed by atoms with Crippen molar-refractivity contribution in [2.24, 2.45) is 5.10 Å². The maximum atomic E-state index is 12.7. The van der Waals surface area contributed by atoms with E-state index in [0.29, 0.717) is 5.56 Å². The number of para-hydroxylation sites is 1. The van der Waals surface area contributed by atoms with Gasteiger partial charge in [0, 0.05) is 23.3 Å². The Morgan fingerprint density at radius 2 is 2.03 bits per heavy atom. The van der Waals surface area contributed by atoms with Crippen molar-refractivity contribution >= 4 is 58.2 Å². The second-order valence-corrected chi connectivity index (χ2v) is 7.63. The van der Waals surface area contributed by atoms with Crippen LogP contribution in [0.5, 0.6) is 11.5 Å². The number of amides is 1. The van der Waals surface area contributed by atoms with Gasteiger partial charge in [-0.2, -0.15) is 10.1 Å². The minimum Gasteiger partial charge on any atom is -0.507 e. The topological polar surface area (TPSA) is 143 Å². The third kappa shape index (κ3) is 5.24. The highest BCUT2D eigenvalue weighted by atomic mass is 32.2. The Kier molecular flexibility index (Phi) is 6.62. The van der Waals surface area contributed by atoms with Gasteiger partial charge in [0.2, 0.25) is 0 Å². The third-order valence-corrected chi connectivity index (χ3v) is 5.15. The summed E-state index contributed by atoms with van der Waals surface area (Å²) in [5.41, 5.74) is 0.270. The van der Waals surface area contributed by atoms with Crippen molar-refractivity contribution in [2.45, 2.75) is 0 Å². The lowest BCUT2D eigenvalue weighted by molar-refractivity contribution is -0.384. The summed E-state index contributed by atoms with van der Waals surface area (Å²) < 4.78 is 5.34. The summed E-state index contributed by atoms with van der Waals surface area (Å²) in [6, 6.07) is 9.98. The molecular weight excluding hydrogens is 446 g/mol. The van der Waals surface area contributed by atoms with Crippen molar-refractivity contribution < 1.29 is 29.5 Å². The highest BCUT2D eigenvalue weighted by Crippen LogP contribution is 2.34. The van der Waals surface area contributed by atoms with Crippen LogP contribution in [0, 0.1) is 10.1 Å². The summed E-state index contributed by atoms with van der Waals surface area (Å²) >= 11 is 6.15. The fourth-order valence-corrected chi connectivity index (χ4v) is 3.61. The molecule has 158 valence electrons. The summed E-state index contributed by atoms with van der Waals surface area (Å²) in [7, 11) is 0. The van der Waals surface area contributed by atoms with E-state index in [1.54, 1.807) is 24.3 Å². The van der Waals surface area contributed by atoms with Gasteiger partial charge in [-0.05, 0) is 30.4 Å². The lowest BCUT2D eigenvalue weighted by atomic mass is 10.2. The number of benzene rings is 2. The summed E-state index contributed by atoms with van der Waals surface area (Å²) in [5, 5.41) is 34.4. The number of nitro benzene ring substituents is 1. The van der Waals surface area contributed by atoms with E-state index in [1.807, 2.05) is 0 Å². The molecular formula is C19H13N3O7S2. The number of nitrogens with zero attached hydrogens (tertiary/aromatic N) is 3. The van der Waals surface area contributed by atoms with E-state index in [9.17, 15) is 24.8 Å². The molecule has 0 radical (unpaired) electrons. The van der Waals surface area contributed by atoms with Gasteiger partial charge in [-0.3, -0.25) is 14.9 Å². The molecule has 3 rings (SSSR count). The number of phenolic OH excluding ortho intramolecular Hbond substituents is 1. The minimum atomic E-state index is -1.14. The van der Waals surface area contributed by atoms with Gasteiger partial charge in [-0.25, -0.2) is 4.79 Å². The molecule has 1 aliphatic rings. The summed E-state index contributed by atoms with van der Waals surface area (Å²) in [5.74, 6) is -1.66. The fourth-order valence-electron chi connectivity index (χ4n) is 2.45. The van der Waals surface area contributed by atoms with Crippen LogP contribution in [0.1, 0.15) is 11.1 Å². The van der Waals surface area contributed by atoms with Crippen LogP contribution < -0.4 is 4.74 Å². The number of aliphatic carboxylic acids is 1. The number of carbonyl (C=O) groups excluding carboxylic acids is 1. The Labute approximate surface area is 184 Å². The van der Waals surface area contributed by atoms with Gasteiger partial charge < -0.3 is 14.9 Å². The van der Waals surface area contributed by atoms with Crippen molar-refractivity contribution in [3.05, 3.63) is 68.6 Å². The lowest BCUT2D eigenvalue weighted by Gasteiger charge is -2.08. The normalized spacial score (nSPS) is 15.1. The highest BCUT2D eigenvalue weighted by Gasteiger charge is 2.32. The van der Waals surface area contributed by atoms with E-state index in [1.165, 1.54) is 6.08 Å². The Bertz CT molecular complexity index is 1150. The van der Waals surface area contributed by atoms with Gasteiger partial charge >= 0.3 is 5.97 Å². The molecule has 0 aliphatic carbocycles. The molecule has 0 atom stereocenters. The van der Waals surface area contributed by atoms with Gasteiger partial charge in [0.05, 0.1) is 16.0 Å². The molecule has 0 bridgehead atoms. The number of carbonyl (C=O) groups is 2. The summed E-state index contributed by atoms with van der Waals surface area (Å²) in [4.78, 5) is 33.9. The second kappa shape index (κ2) is 9.36. The Hall–Kier alpha value is -3.77. The molecule has 0 spiro atoms. The summed E-state index contributed by atoms with van der Waals surface area (Å²) in [6.07, 6.45) is 2.59. The number of thiocarbonyl (C=S) groups is 1. The quantitative estimate of drug-likeness (QED) is 0.210. The number of aromatic hydroxyl groups is 1. The van der Waals surface area contributed by atoms with Crippen LogP contribution >= 0.6 is 24.0 Å². The summed E-state index contributed by atoms with van der Waals surface area (Å²) in [6.45, 7) is -0.539. The first-order valence-electron chi connectivity index (χ1n) is 8.49. The van der Waals surface area contributed by atoms with E-state index in [0.717, 1.165) is 41.2 Å². The first-order chi connectivity index (χ1) is 14.8. The van der Waals surface area contributed by atoms with Crippen molar-refractivity contribution in [1.29, 1.82) is 0 Å². The molecule has 12 heteroatoms. The van der Waals surface area contributed by atoms with E-state index in [-0.39, 0.29) is 32.0 Å². The van der Waals surface area contributed by atoms with Crippen molar-refractivity contribution in [3.8, 4) is 11.5 Å². The minimum absolute atomic E-state index is 0.0413. The van der Waals surface area contributed by atoms with Crippen LogP contribution in [0.2, 0.25) is 0 Å². The lowest BCUT2D eigenvalue weighted by Crippen LogP contribution is -2.22. The van der Waals surface area contributed by atoms with Gasteiger partial charge in [0.1, 0.15) is 11.5 Å². The van der Waals surface area contributed by atoms with Crippen LogP contribution in [0.4, 0.5) is 5.69 Å². The predicted octanol–water partition coefficient (Wildman–Crippen LogP) is 3.00. The molecule has 1 aliphatic heterocycles. The van der Waals surface area contributed by atoms with E-state index in [2.05, 4.69) is 5.10 Å². The fraction of sp³-hybridized carbons (Fsp3) is 0.0526. The Morgan fingerprint density at radius 3 is 2.74 bits per heavy atom. The average Bonchev–Trinajstić information content (AvgIpc) is 2.99. The number of rotatable bonds is 7. The molecule has 1 saturated heterocycles. The highest BCUT2D eigenvalue weighted by molar-refractivity contribution is 8.26. The number of carboxylic acids is 1. The van der Waals surface area contributed by atoms with Crippen molar-refractivity contribution in [3.63, 3.8) is 0 Å². The molecule has 1 heterocycles. The van der Waals surface area contributed by atoms with E-state index in [4.69, 9.17) is 22.1 Å². The SMILES string of the molecule is O=C(O)COc1ccccc1C=C1SC(=S)N(/N=C/c2cc([N+](=O)[O-])ccc2O)C1=O. The maximum absolute atomic E-state index is 12.7. The number of thioether (sulfide) groups is 1. The molecule has 1 amide bonds. The van der Waals surface area contributed by atoms with E-state index >= 15 is 0 Å². The number of ether oxygens (including phenoxy) is 1. The largest absolute Gasteiger partial charge is 0.507 e. The smallest absolute Gasteiger partial charge is 0.341 e. The van der Waals surface area contributed by atoms with Gasteiger partial charge in [0.25, 0.3) is 11.6 Å². The van der Waals surface area contributed by atoms with Crippen LogP contribution in [-0.4, -0.2) is 49.2 Å². The second-order valence-electron chi connectivity index (χ2n) is 5.96. The number of carboxylic acid groups (broad SMARTS) is 1. The molecule has 0 aromatic heterocycles. The monoisotopic (exact) mass is 459 g/mol. The number of hydrogen-bond acceptors (Lipinski definition) is 9. The molecule has 2 N–H and O–H groups in total. The van der Waals surface area contributed by atoms with Crippen LogP contribution in [-0.2, 0) is 9.59 Å². The average molecular weight is 459 g/mol. The number of phenols is 1. The number of hydrogen-bond donors (Lipinski definition) is 2. The van der Waals surface area contributed by atoms with Crippen LogP contribution in [0.25, 0.3) is 6.08 Å². The first-order valence-corrected chi connectivity index (χ1v) is 9.71. The standard InChI is InChI=1S/C19H13N3O7S2/c23-14-6-5-13(22(27)28)7-12(14)9-20-21-18(26)16(31-19(21)30)8-11-3-1-2-4-15(11)29-10-17(24)25/h1-9,23H,10H2,(H,24,25)/b16-8?,20-9+. The molecule has 10 nitrogen and oxygen atoms in total. The zero-order chi connectivity index (χ0) is 22.5. The molecule has 2 aromatic carbocycles.